The van der Waals surface area contributed by atoms with Gasteiger partial charge < -0.3 is 18.9 Å². The van der Waals surface area contributed by atoms with Gasteiger partial charge in [0.15, 0.2) is 6.10 Å². The van der Waals surface area contributed by atoms with Crippen LogP contribution in [0.4, 0.5) is 0 Å². The first-order valence-corrected chi connectivity index (χ1v) is 38.3. The van der Waals surface area contributed by atoms with Crippen molar-refractivity contribution >= 4 is 19.8 Å². The van der Waals surface area contributed by atoms with Crippen molar-refractivity contribution in [2.24, 2.45) is 0 Å². The molecule has 2 unspecified atom stereocenters. The Hall–Kier alpha value is -2.81. The van der Waals surface area contributed by atoms with E-state index in [9.17, 15) is 19.0 Å². The highest BCUT2D eigenvalue weighted by molar-refractivity contribution is 7.47. The summed E-state index contributed by atoms with van der Waals surface area (Å²) in [7, 11) is 1.49. The molecule has 506 valence electrons. The molecule has 0 aliphatic carbocycles. The molecular formula is C77H141NO8P+. The molecule has 0 saturated heterocycles. The molecule has 0 spiro atoms. The van der Waals surface area contributed by atoms with Crippen molar-refractivity contribution < 1.29 is 42.1 Å². The van der Waals surface area contributed by atoms with E-state index in [0.29, 0.717) is 23.9 Å². The summed E-state index contributed by atoms with van der Waals surface area (Å²) >= 11 is 0. The van der Waals surface area contributed by atoms with Crippen LogP contribution in [0, 0.1) is 0 Å². The minimum absolute atomic E-state index is 0.0317. The minimum atomic E-state index is -4.39. The van der Waals surface area contributed by atoms with Gasteiger partial charge in [0.2, 0.25) is 0 Å². The third kappa shape index (κ3) is 72.1. The third-order valence-electron chi connectivity index (χ3n) is 16.2. The summed E-state index contributed by atoms with van der Waals surface area (Å²) in [5.74, 6) is -0.782. The topological polar surface area (TPSA) is 108 Å². The number of rotatable bonds is 68. The van der Waals surface area contributed by atoms with E-state index < -0.39 is 26.5 Å². The average molecular weight is 1240 g/mol. The van der Waals surface area contributed by atoms with E-state index in [1.807, 2.05) is 21.1 Å². The molecule has 9 nitrogen and oxygen atoms in total. The van der Waals surface area contributed by atoms with E-state index in [1.54, 1.807) is 0 Å². The zero-order valence-corrected chi connectivity index (χ0v) is 58.6. The first-order valence-electron chi connectivity index (χ1n) is 36.8. The minimum Gasteiger partial charge on any atom is -0.462 e. The second-order valence-corrected chi connectivity index (χ2v) is 27.4. The summed E-state index contributed by atoms with van der Waals surface area (Å²) in [6.07, 6.45) is 92.7. The number of phosphoric acid groups is 1. The Bertz CT molecular complexity index is 1740. The lowest BCUT2D eigenvalue weighted by molar-refractivity contribution is -0.870. The van der Waals surface area contributed by atoms with Gasteiger partial charge in [0.1, 0.15) is 19.8 Å². The van der Waals surface area contributed by atoms with Crippen molar-refractivity contribution in [3.8, 4) is 0 Å². The molecule has 1 N–H and O–H groups in total. The van der Waals surface area contributed by atoms with Crippen LogP contribution in [-0.2, 0) is 32.7 Å². The smallest absolute Gasteiger partial charge is 0.462 e. The molecule has 0 saturated carbocycles. The van der Waals surface area contributed by atoms with E-state index in [4.69, 9.17) is 18.5 Å². The summed E-state index contributed by atoms with van der Waals surface area (Å²) in [5, 5.41) is 0. The highest BCUT2D eigenvalue weighted by atomic mass is 31.2. The number of allylic oxidation sites excluding steroid dienone is 14. The molecule has 0 aromatic carbocycles. The third-order valence-corrected chi connectivity index (χ3v) is 17.2. The number of nitrogens with zero attached hydrogens (tertiary/aromatic N) is 1. The van der Waals surface area contributed by atoms with Crippen molar-refractivity contribution in [1.29, 1.82) is 0 Å². The van der Waals surface area contributed by atoms with E-state index >= 15 is 0 Å². The lowest BCUT2D eigenvalue weighted by Gasteiger charge is -2.24. The van der Waals surface area contributed by atoms with Crippen LogP contribution >= 0.6 is 7.82 Å². The van der Waals surface area contributed by atoms with Gasteiger partial charge in [-0.05, 0) is 70.6 Å². The highest BCUT2D eigenvalue weighted by Gasteiger charge is 2.27. The number of carbonyl (C=O) groups is 2. The van der Waals surface area contributed by atoms with Crippen LogP contribution in [0.3, 0.4) is 0 Å². The monoisotopic (exact) mass is 1240 g/mol. The van der Waals surface area contributed by atoms with Crippen LogP contribution in [0.25, 0.3) is 0 Å². The number of phosphoric ester groups is 1. The zero-order valence-electron chi connectivity index (χ0n) is 57.8. The van der Waals surface area contributed by atoms with Crippen LogP contribution in [0.1, 0.15) is 341 Å². The van der Waals surface area contributed by atoms with Crippen molar-refractivity contribution in [2.75, 3.05) is 47.5 Å². The Balaban J connectivity index is 4.00. The molecule has 0 bridgehead atoms. The Kier molecular flexibility index (Phi) is 65.4. The standard InChI is InChI=1S/C77H140NO8P/c1-6-8-10-12-14-16-18-20-22-24-26-28-30-32-34-35-36-37-38-39-40-41-42-43-44-46-48-50-52-54-56-58-60-62-64-66-68-70-77(80)86-75(74-85-87(81,82)84-72-71-78(3,4)5)73-83-76(79)69-67-65-63-61-59-57-55-53-51-49-47-45-33-31-29-27-25-23-21-19-17-15-13-11-9-7-2/h8,10,14,16,20,22,26,28,32,34,36-37,39-40,75H,6-7,9,11-13,15,17-19,21,23-25,27,29-31,33,35,38,41-74H2,1-5H3/p+1/b10-8-,16-14-,22-20-,28-26-,34-32-,37-36-,40-39-. The Morgan fingerprint density at radius 2 is 0.655 bits per heavy atom. The van der Waals surface area contributed by atoms with Crippen LogP contribution in [-0.4, -0.2) is 74.9 Å². The molecule has 0 heterocycles. The molecule has 0 aliphatic rings. The fourth-order valence-electron chi connectivity index (χ4n) is 10.6. The molecule has 10 heteroatoms. The fourth-order valence-corrected chi connectivity index (χ4v) is 11.3. The summed E-state index contributed by atoms with van der Waals surface area (Å²) in [6.45, 7) is 4.37. The first kappa shape index (κ1) is 84.2. The molecule has 0 fully saturated rings. The van der Waals surface area contributed by atoms with Crippen molar-refractivity contribution in [2.45, 2.75) is 347 Å². The fraction of sp³-hybridized carbons (Fsp3) is 0.792. The second kappa shape index (κ2) is 67.6. The van der Waals surface area contributed by atoms with Gasteiger partial charge in [-0.3, -0.25) is 18.6 Å². The Labute approximate surface area is 539 Å². The molecule has 0 aliphatic heterocycles. The maximum Gasteiger partial charge on any atom is 0.472 e. The molecule has 0 aromatic rings. The normalized spacial score (nSPS) is 13.6. The van der Waals surface area contributed by atoms with Gasteiger partial charge in [0.25, 0.3) is 0 Å². The average Bonchev–Trinajstić information content (AvgIpc) is 3.56. The van der Waals surface area contributed by atoms with Crippen molar-refractivity contribution in [3.05, 3.63) is 85.1 Å². The molecule has 0 aromatic heterocycles. The maximum atomic E-state index is 12.9. The van der Waals surface area contributed by atoms with Crippen LogP contribution < -0.4 is 0 Å². The second-order valence-electron chi connectivity index (χ2n) is 26.0. The SMILES string of the molecule is CC/C=C\C/C=C\C/C=C\C/C=C\C/C=C\C/C=C\C/C=C\CCCCCCCCCCCCCCCCCC(=O)OC(COC(=O)CCCCCCCCCCCCCCCCCCCCCCCCCCCC)COP(=O)(O)OCC[N+](C)(C)C. The summed E-state index contributed by atoms with van der Waals surface area (Å²) < 4.78 is 34.8. The molecule has 87 heavy (non-hydrogen) atoms. The quantitative estimate of drug-likeness (QED) is 0.0211. The molecule has 0 radical (unpaired) electrons. The number of quaternary nitrogens is 1. The summed E-state index contributed by atoms with van der Waals surface area (Å²) in [5.41, 5.74) is 0. The first-order chi connectivity index (χ1) is 42.5. The van der Waals surface area contributed by atoms with Gasteiger partial charge in [-0.15, -0.1) is 0 Å². The molecule has 0 amide bonds. The van der Waals surface area contributed by atoms with Gasteiger partial charge >= 0.3 is 19.8 Å². The van der Waals surface area contributed by atoms with Gasteiger partial charge in [0.05, 0.1) is 27.7 Å². The highest BCUT2D eigenvalue weighted by Crippen LogP contribution is 2.43. The van der Waals surface area contributed by atoms with Gasteiger partial charge in [-0.25, -0.2) is 4.57 Å². The number of carbonyl (C=O) groups excluding carboxylic acids is 2. The molecular weight excluding hydrogens is 1100 g/mol. The predicted molar refractivity (Wildman–Crippen MR) is 376 cm³/mol. The van der Waals surface area contributed by atoms with Gasteiger partial charge in [0, 0.05) is 12.8 Å². The van der Waals surface area contributed by atoms with Crippen LogP contribution in [0.2, 0.25) is 0 Å². The lowest BCUT2D eigenvalue weighted by atomic mass is 10.0. The van der Waals surface area contributed by atoms with Gasteiger partial charge in [-0.2, -0.15) is 0 Å². The Morgan fingerprint density at radius 1 is 0.368 bits per heavy atom. The number of likely N-dealkylation sites (N-methyl/N-ethyl adjacent to an activating group) is 1. The zero-order chi connectivity index (χ0) is 63.4. The lowest BCUT2D eigenvalue weighted by Crippen LogP contribution is -2.37. The van der Waals surface area contributed by atoms with E-state index in [-0.39, 0.29) is 25.6 Å². The molecule has 0 rings (SSSR count). The summed E-state index contributed by atoms with van der Waals surface area (Å²) in [4.78, 5) is 35.9. The maximum absolute atomic E-state index is 12.9. The number of hydrogen-bond donors (Lipinski definition) is 1. The van der Waals surface area contributed by atoms with Crippen LogP contribution in [0.5, 0.6) is 0 Å². The van der Waals surface area contributed by atoms with E-state index in [2.05, 4.69) is 98.9 Å². The van der Waals surface area contributed by atoms with E-state index in [1.165, 1.54) is 231 Å². The predicted octanol–water partition coefficient (Wildman–Crippen LogP) is 24.1. The Morgan fingerprint density at radius 3 is 0.977 bits per heavy atom. The largest absolute Gasteiger partial charge is 0.472 e. The molecule has 2 atom stereocenters. The van der Waals surface area contributed by atoms with Crippen molar-refractivity contribution in [3.63, 3.8) is 0 Å². The van der Waals surface area contributed by atoms with Crippen LogP contribution in [0.15, 0.2) is 85.1 Å². The number of hydrogen-bond acceptors (Lipinski definition) is 7. The van der Waals surface area contributed by atoms with Gasteiger partial charge in [-0.1, -0.05) is 343 Å². The van der Waals surface area contributed by atoms with E-state index in [0.717, 1.165) is 77.0 Å². The summed E-state index contributed by atoms with van der Waals surface area (Å²) in [6, 6.07) is 0. The number of esters is 2. The number of unbranched alkanes of at least 4 members (excludes halogenated alkanes) is 40. The number of ether oxygens (including phenoxy) is 2. The van der Waals surface area contributed by atoms with Crippen molar-refractivity contribution in [1.82, 2.24) is 0 Å².